The number of ether oxygens (including phenoxy) is 3. The molecule has 472 valence electrons. The molecule has 6 rings (SSSR count). The van der Waals surface area contributed by atoms with Crippen LogP contribution < -0.4 is 30.9 Å². The van der Waals surface area contributed by atoms with Gasteiger partial charge in [0.15, 0.2) is 5.71 Å². The van der Waals surface area contributed by atoms with E-state index in [-0.39, 0.29) is 86.7 Å². The van der Waals surface area contributed by atoms with Crippen molar-refractivity contribution >= 4 is 62.8 Å². The number of Topliss-reactive ketones (excluding diaryl/α,β-unsaturated/α-hetero) is 1. The van der Waals surface area contributed by atoms with E-state index in [1.54, 1.807) is 12.1 Å². The normalized spacial score (nSPS) is 16.8. The number of carboxylic acids is 2. The van der Waals surface area contributed by atoms with Gasteiger partial charge in [-0.3, -0.25) is 14.1 Å². The number of carbonyl (C=O) groups excluding carboxylic acids is 4. The molecule has 0 radical (unpaired) electrons. The number of nitrogens with zero attached hydrogens (tertiary/aromatic N) is 2. The van der Waals surface area contributed by atoms with Gasteiger partial charge in [-0.25, -0.2) is 14.4 Å². The number of amides is 4. The maximum atomic E-state index is 12.8. The third-order valence-electron chi connectivity index (χ3n) is 16.0. The summed E-state index contributed by atoms with van der Waals surface area (Å²) in [6.07, 6.45) is 17.8. The van der Waals surface area contributed by atoms with E-state index >= 15 is 0 Å². The van der Waals surface area contributed by atoms with Crippen molar-refractivity contribution in [2.75, 3.05) is 57.5 Å². The number of hydrogen-bond donors (Lipinski definition) is 7. The highest BCUT2D eigenvalue weighted by Crippen LogP contribution is 2.48. The second kappa shape index (κ2) is 33.0. The summed E-state index contributed by atoms with van der Waals surface area (Å²) < 4.78 is 55.0. The number of aliphatic carboxylic acids is 2. The Labute approximate surface area is 512 Å². The van der Waals surface area contributed by atoms with E-state index in [4.69, 9.17) is 14.2 Å². The highest BCUT2D eigenvalue weighted by Gasteiger charge is 2.45. The van der Waals surface area contributed by atoms with Crippen molar-refractivity contribution in [3.8, 4) is 5.75 Å². The summed E-state index contributed by atoms with van der Waals surface area (Å²) in [5.41, 5.74) is 7.74. The minimum atomic E-state index is -4.47. The quantitative estimate of drug-likeness (QED) is 0.0162. The summed E-state index contributed by atoms with van der Waals surface area (Å²) in [7, 11) is -4.47. The van der Waals surface area contributed by atoms with Crippen LogP contribution in [0.3, 0.4) is 0 Å². The van der Waals surface area contributed by atoms with Gasteiger partial charge < -0.3 is 55.4 Å². The number of urea groups is 1. The Bertz CT molecular complexity index is 3180. The molecule has 0 bridgehead atoms. The predicted molar refractivity (Wildman–Crippen MR) is 333 cm³/mol. The lowest BCUT2D eigenvalue weighted by atomic mass is 9.81. The molecule has 0 unspecified atom stereocenters. The molecule has 20 nitrogen and oxygen atoms in total. The zero-order valence-electron chi connectivity index (χ0n) is 51.3. The Kier molecular flexibility index (Phi) is 26.1. The molecular weight excluding hydrogens is 1130 g/mol. The molecule has 0 fully saturated rings. The average Bonchev–Trinajstić information content (AvgIpc) is 1.62. The van der Waals surface area contributed by atoms with Crippen molar-refractivity contribution in [1.29, 1.82) is 0 Å². The molecule has 1 aliphatic carbocycles. The van der Waals surface area contributed by atoms with Crippen molar-refractivity contribution < 1.29 is 70.7 Å². The number of nitrogens with one attached hydrogen (secondary N) is 4. The van der Waals surface area contributed by atoms with E-state index in [0.29, 0.717) is 32.2 Å². The molecule has 4 amide bonds. The lowest BCUT2D eigenvalue weighted by Crippen LogP contribution is -2.51. The molecule has 87 heavy (non-hydrogen) atoms. The fourth-order valence-corrected chi connectivity index (χ4v) is 11.7. The molecule has 2 aliphatic heterocycles. The van der Waals surface area contributed by atoms with E-state index in [0.717, 1.165) is 97.5 Å². The Morgan fingerprint density at radius 2 is 1.41 bits per heavy atom. The molecule has 0 saturated heterocycles. The highest BCUT2D eigenvalue weighted by atomic mass is 32.2. The van der Waals surface area contributed by atoms with E-state index in [1.807, 2.05) is 30.3 Å². The number of carbonyl (C=O) groups is 6. The summed E-state index contributed by atoms with van der Waals surface area (Å²) >= 11 is 0. The smallest absolute Gasteiger partial charge is 0.326 e. The average molecular weight is 1220 g/mol. The first kappa shape index (κ1) is 68.7. The van der Waals surface area contributed by atoms with E-state index in [1.165, 1.54) is 29.9 Å². The Hall–Kier alpha value is -7.46. The van der Waals surface area contributed by atoms with Crippen LogP contribution in [-0.4, -0.2) is 134 Å². The van der Waals surface area contributed by atoms with Crippen LogP contribution in [0.4, 0.5) is 16.2 Å². The maximum absolute atomic E-state index is 12.8. The van der Waals surface area contributed by atoms with E-state index in [2.05, 4.69) is 114 Å². The van der Waals surface area contributed by atoms with E-state index in [9.17, 15) is 52.0 Å². The summed E-state index contributed by atoms with van der Waals surface area (Å²) in [6.45, 7) is 14.7. The van der Waals surface area contributed by atoms with Gasteiger partial charge in [0.1, 0.15) is 42.5 Å². The number of allylic oxidation sites excluding steroid dienone is 7. The maximum Gasteiger partial charge on any atom is 0.326 e. The van der Waals surface area contributed by atoms with Crippen LogP contribution in [0.25, 0.3) is 0 Å². The number of hydrogen-bond acceptors (Lipinski definition) is 12. The highest BCUT2D eigenvalue weighted by molar-refractivity contribution is 7.85. The minimum absolute atomic E-state index is 0.0273. The zero-order valence-corrected chi connectivity index (χ0v) is 52.1. The third-order valence-corrected chi connectivity index (χ3v) is 16.8. The summed E-state index contributed by atoms with van der Waals surface area (Å²) in [5, 5.41) is 28.8. The van der Waals surface area contributed by atoms with Gasteiger partial charge in [-0.2, -0.15) is 13.0 Å². The SMILES string of the molecule is CCCCCN1/C(=C/C=C2\CCCC(/C=C/C3=[N+](CCCCCC(=O)NCCOCCOCC(=O)NCCCC[C@H](NC(=O)N[C@@H](CCC(C)=O)C(=O)O)C(=O)O)c4ccc(S(=O)(=O)O)cc4C3(C)C)=C2Oc2ccccc2)C(C)(C)c2ccccc21. The lowest BCUT2D eigenvalue weighted by Gasteiger charge is -2.27. The van der Waals surface area contributed by atoms with Crippen LogP contribution in [0.1, 0.15) is 149 Å². The first-order valence-electron chi connectivity index (χ1n) is 30.4. The summed E-state index contributed by atoms with van der Waals surface area (Å²) in [5.74, 6) is -1.84. The molecule has 3 aromatic rings. The van der Waals surface area contributed by atoms with Crippen molar-refractivity contribution in [2.45, 2.75) is 166 Å². The van der Waals surface area contributed by atoms with Crippen molar-refractivity contribution in [3.63, 3.8) is 0 Å². The summed E-state index contributed by atoms with van der Waals surface area (Å²) in [4.78, 5) is 74.0. The monoisotopic (exact) mass is 1220 g/mol. The molecule has 0 saturated carbocycles. The standard InChI is InChI=1S/C66H88N6O14S/c1-7-8-18-39-71-55-27-15-14-25-51(55)65(3,4)57(71)35-30-47-21-20-22-48(61(47)86-49-23-11-9-12-24-49)31-36-58-66(5,6)52-44-50(87(81,82)83)32-34-56(52)72(58)40-19-10-13-28-59(74)68-38-41-84-42-43-85-45-60(75)67-37-17-16-26-53(62(76)77)69-64(80)70-54(63(78)79)33-29-46(2)73/h9,11-12,14-15,23-25,27,30-32,34-36,44,53-54H,7-8,10,13,16-22,26,28-29,33,37-43,45H2,1-6H3,(H6-,67,68,69,70,74,75,76,77,78,79,80,81,82,83)/p+1/t53-,54-/m0/s1. The number of unbranched alkanes of at least 4 members (excludes halogenated alkanes) is 5. The van der Waals surface area contributed by atoms with Gasteiger partial charge in [-0.15, -0.1) is 0 Å². The van der Waals surface area contributed by atoms with Gasteiger partial charge >= 0.3 is 18.0 Å². The third kappa shape index (κ3) is 20.0. The molecule has 2 atom stereocenters. The first-order valence-corrected chi connectivity index (χ1v) is 31.9. The predicted octanol–water partition coefficient (Wildman–Crippen LogP) is 9.75. The van der Waals surface area contributed by atoms with Gasteiger partial charge in [0.2, 0.25) is 17.5 Å². The fraction of sp³-hybridized carbons (Fsp3) is 0.500. The van der Waals surface area contributed by atoms with Crippen LogP contribution in [-0.2, 0) is 54.4 Å². The molecule has 0 spiro atoms. The zero-order chi connectivity index (χ0) is 63.2. The van der Waals surface area contributed by atoms with Gasteiger partial charge in [0.25, 0.3) is 10.1 Å². The van der Waals surface area contributed by atoms with Gasteiger partial charge in [0.05, 0.1) is 30.1 Å². The van der Waals surface area contributed by atoms with Crippen LogP contribution in [0, 0.1) is 0 Å². The minimum Gasteiger partial charge on any atom is -0.480 e. The number of anilines is 1. The first-order chi connectivity index (χ1) is 41.5. The number of benzene rings is 3. The lowest BCUT2D eigenvalue weighted by molar-refractivity contribution is -0.438. The van der Waals surface area contributed by atoms with Crippen molar-refractivity contribution in [3.05, 3.63) is 131 Å². The van der Waals surface area contributed by atoms with Crippen LogP contribution in [0.2, 0.25) is 0 Å². The fourth-order valence-electron chi connectivity index (χ4n) is 11.2. The molecule has 3 aromatic carbocycles. The topological polar surface area (TPSA) is 279 Å². The van der Waals surface area contributed by atoms with Crippen LogP contribution in [0.5, 0.6) is 5.75 Å². The van der Waals surface area contributed by atoms with Crippen molar-refractivity contribution in [1.82, 2.24) is 21.3 Å². The van der Waals surface area contributed by atoms with Crippen LogP contribution in [0.15, 0.2) is 125 Å². The number of fused-ring (bicyclic) bond motifs is 2. The molecule has 7 N–H and O–H groups in total. The molecule has 2 heterocycles. The molecule has 0 aromatic heterocycles. The number of ketones is 1. The number of rotatable bonds is 36. The Morgan fingerprint density at radius 1 is 0.713 bits per heavy atom. The number of para-hydroxylation sites is 2. The Balaban J connectivity index is 0.990. The van der Waals surface area contributed by atoms with Crippen LogP contribution >= 0.6 is 0 Å². The van der Waals surface area contributed by atoms with E-state index < -0.39 is 45.6 Å². The molecule has 21 heteroatoms. The second-order valence-corrected chi connectivity index (χ2v) is 24.7. The largest absolute Gasteiger partial charge is 0.480 e. The van der Waals surface area contributed by atoms with Gasteiger partial charge in [-0.05, 0) is 144 Å². The molecular formula is C66H89N6O14S+. The second-order valence-electron chi connectivity index (χ2n) is 23.3. The summed E-state index contributed by atoms with van der Waals surface area (Å²) in [6, 6.07) is 19.7. The molecule has 3 aliphatic rings. The van der Waals surface area contributed by atoms with Gasteiger partial charge in [0, 0.05) is 73.4 Å². The Morgan fingerprint density at radius 3 is 2.13 bits per heavy atom. The number of carboxylic acid groups (broad SMARTS) is 2. The van der Waals surface area contributed by atoms with Gasteiger partial charge in [-0.1, -0.05) is 76.1 Å². The van der Waals surface area contributed by atoms with Crippen molar-refractivity contribution in [2.24, 2.45) is 0 Å².